The second kappa shape index (κ2) is 5.89. The SMILES string of the molecule is CSC(C)CN1CCCNC(C)C1. The molecular weight excluding hydrogens is 180 g/mol. The average Bonchev–Trinajstić information content (AvgIpc) is 2.30. The van der Waals surface area contributed by atoms with Crippen LogP contribution in [0.25, 0.3) is 0 Å². The minimum absolute atomic E-state index is 0.663. The first-order valence-electron chi connectivity index (χ1n) is 5.21. The highest BCUT2D eigenvalue weighted by Gasteiger charge is 2.15. The van der Waals surface area contributed by atoms with Gasteiger partial charge in [-0.25, -0.2) is 0 Å². The molecule has 2 unspecified atom stereocenters. The largest absolute Gasteiger partial charge is 0.313 e. The Morgan fingerprint density at radius 2 is 2.38 bits per heavy atom. The molecule has 1 aliphatic heterocycles. The minimum Gasteiger partial charge on any atom is -0.313 e. The summed E-state index contributed by atoms with van der Waals surface area (Å²) in [5.41, 5.74) is 0. The van der Waals surface area contributed by atoms with Gasteiger partial charge >= 0.3 is 0 Å². The van der Waals surface area contributed by atoms with E-state index in [0.29, 0.717) is 6.04 Å². The zero-order valence-corrected chi connectivity index (χ0v) is 9.86. The lowest BCUT2D eigenvalue weighted by molar-refractivity contribution is 0.276. The van der Waals surface area contributed by atoms with E-state index in [4.69, 9.17) is 0 Å². The molecule has 0 spiro atoms. The molecule has 13 heavy (non-hydrogen) atoms. The summed E-state index contributed by atoms with van der Waals surface area (Å²) in [5.74, 6) is 0. The van der Waals surface area contributed by atoms with Gasteiger partial charge in [-0.2, -0.15) is 11.8 Å². The number of rotatable bonds is 3. The maximum absolute atomic E-state index is 3.52. The van der Waals surface area contributed by atoms with Crippen LogP contribution in [-0.2, 0) is 0 Å². The van der Waals surface area contributed by atoms with Crippen LogP contribution in [0.1, 0.15) is 20.3 Å². The zero-order chi connectivity index (χ0) is 9.68. The van der Waals surface area contributed by atoms with Crippen molar-refractivity contribution >= 4 is 11.8 Å². The minimum atomic E-state index is 0.663. The Labute approximate surface area is 86.5 Å². The van der Waals surface area contributed by atoms with Crippen molar-refractivity contribution in [2.75, 3.05) is 32.4 Å². The normalized spacial score (nSPS) is 28.4. The molecule has 78 valence electrons. The first kappa shape index (κ1) is 11.3. The lowest BCUT2D eigenvalue weighted by Gasteiger charge is -2.24. The molecule has 0 aromatic carbocycles. The van der Waals surface area contributed by atoms with Crippen molar-refractivity contribution < 1.29 is 0 Å². The van der Waals surface area contributed by atoms with Crippen molar-refractivity contribution in [3.05, 3.63) is 0 Å². The highest BCUT2D eigenvalue weighted by Crippen LogP contribution is 2.09. The van der Waals surface area contributed by atoms with E-state index >= 15 is 0 Å². The average molecular weight is 202 g/mol. The van der Waals surface area contributed by atoms with E-state index in [9.17, 15) is 0 Å². The number of nitrogens with one attached hydrogen (secondary N) is 1. The molecule has 3 heteroatoms. The summed E-state index contributed by atoms with van der Waals surface area (Å²) < 4.78 is 0. The van der Waals surface area contributed by atoms with Gasteiger partial charge in [0.15, 0.2) is 0 Å². The van der Waals surface area contributed by atoms with Crippen LogP contribution in [0.4, 0.5) is 0 Å². The fourth-order valence-corrected chi connectivity index (χ4v) is 2.16. The third-order valence-electron chi connectivity index (χ3n) is 2.59. The van der Waals surface area contributed by atoms with Gasteiger partial charge in [0.2, 0.25) is 0 Å². The van der Waals surface area contributed by atoms with Crippen molar-refractivity contribution in [3.63, 3.8) is 0 Å². The molecule has 1 aliphatic rings. The van der Waals surface area contributed by atoms with Crippen molar-refractivity contribution in [1.82, 2.24) is 10.2 Å². The maximum Gasteiger partial charge on any atom is 0.0166 e. The molecule has 0 radical (unpaired) electrons. The molecule has 0 amide bonds. The van der Waals surface area contributed by atoms with Gasteiger partial charge in [0.1, 0.15) is 0 Å². The van der Waals surface area contributed by atoms with Gasteiger partial charge in [-0.1, -0.05) is 6.92 Å². The summed E-state index contributed by atoms with van der Waals surface area (Å²) in [5, 5.41) is 4.29. The van der Waals surface area contributed by atoms with E-state index < -0.39 is 0 Å². The molecule has 1 saturated heterocycles. The Morgan fingerprint density at radius 1 is 1.62 bits per heavy atom. The Morgan fingerprint density at radius 3 is 3.08 bits per heavy atom. The van der Waals surface area contributed by atoms with Crippen molar-refractivity contribution in [2.45, 2.75) is 31.6 Å². The monoisotopic (exact) mass is 202 g/mol. The molecule has 1 N–H and O–H groups in total. The predicted molar refractivity (Wildman–Crippen MR) is 61.5 cm³/mol. The van der Waals surface area contributed by atoms with E-state index in [1.807, 2.05) is 11.8 Å². The van der Waals surface area contributed by atoms with Crippen molar-refractivity contribution in [3.8, 4) is 0 Å². The molecule has 0 saturated carbocycles. The molecule has 2 nitrogen and oxygen atoms in total. The lowest BCUT2D eigenvalue weighted by Crippen LogP contribution is -2.37. The highest BCUT2D eigenvalue weighted by atomic mass is 32.2. The summed E-state index contributed by atoms with van der Waals surface area (Å²) in [6.45, 7) is 9.50. The van der Waals surface area contributed by atoms with E-state index in [-0.39, 0.29) is 0 Å². The van der Waals surface area contributed by atoms with Gasteiger partial charge in [-0.05, 0) is 32.7 Å². The van der Waals surface area contributed by atoms with Gasteiger partial charge in [-0.3, -0.25) is 0 Å². The molecule has 2 atom stereocenters. The van der Waals surface area contributed by atoms with E-state index in [1.165, 1.54) is 32.6 Å². The molecule has 1 fully saturated rings. The van der Waals surface area contributed by atoms with Crippen molar-refractivity contribution in [2.24, 2.45) is 0 Å². The molecule has 0 aromatic heterocycles. The molecule has 0 bridgehead atoms. The van der Waals surface area contributed by atoms with Gasteiger partial charge in [0, 0.05) is 24.4 Å². The third-order valence-corrected chi connectivity index (χ3v) is 3.55. The summed E-state index contributed by atoms with van der Waals surface area (Å²) in [7, 11) is 0. The van der Waals surface area contributed by atoms with Crippen LogP contribution >= 0.6 is 11.8 Å². The van der Waals surface area contributed by atoms with Gasteiger partial charge < -0.3 is 10.2 Å². The van der Waals surface area contributed by atoms with Crippen molar-refractivity contribution in [1.29, 1.82) is 0 Å². The summed E-state index contributed by atoms with van der Waals surface area (Å²) in [6.07, 6.45) is 3.50. The maximum atomic E-state index is 3.52. The smallest absolute Gasteiger partial charge is 0.0166 e. The number of hydrogen-bond donors (Lipinski definition) is 1. The topological polar surface area (TPSA) is 15.3 Å². The lowest BCUT2D eigenvalue weighted by atomic mass is 10.3. The number of thioether (sulfide) groups is 1. The van der Waals surface area contributed by atoms with Gasteiger partial charge in [0.25, 0.3) is 0 Å². The van der Waals surface area contributed by atoms with Crippen LogP contribution in [0, 0.1) is 0 Å². The Kier molecular flexibility index (Phi) is 5.14. The van der Waals surface area contributed by atoms with E-state index in [1.54, 1.807) is 0 Å². The Balaban J connectivity index is 2.30. The summed E-state index contributed by atoms with van der Waals surface area (Å²) in [4.78, 5) is 2.59. The molecule has 0 aliphatic carbocycles. The van der Waals surface area contributed by atoms with Crippen LogP contribution in [-0.4, -0.2) is 48.6 Å². The van der Waals surface area contributed by atoms with Crippen LogP contribution in [0.5, 0.6) is 0 Å². The summed E-state index contributed by atoms with van der Waals surface area (Å²) in [6, 6.07) is 0.663. The molecular formula is C10H22N2S. The third kappa shape index (κ3) is 4.34. The first-order chi connectivity index (χ1) is 6.22. The Bertz CT molecular complexity index is 141. The quantitative estimate of drug-likeness (QED) is 0.745. The van der Waals surface area contributed by atoms with Gasteiger partial charge in [-0.15, -0.1) is 0 Å². The van der Waals surface area contributed by atoms with Crippen LogP contribution in [0.15, 0.2) is 0 Å². The second-order valence-electron chi connectivity index (χ2n) is 4.01. The van der Waals surface area contributed by atoms with Crippen LogP contribution < -0.4 is 5.32 Å². The van der Waals surface area contributed by atoms with Gasteiger partial charge in [0.05, 0.1) is 0 Å². The predicted octanol–water partition coefficient (Wildman–Crippen LogP) is 1.42. The van der Waals surface area contributed by atoms with E-state index in [0.717, 1.165) is 5.25 Å². The number of nitrogens with zero attached hydrogens (tertiary/aromatic N) is 1. The summed E-state index contributed by atoms with van der Waals surface area (Å²) >= 11 is 1.96. The standard InChI is InChI=1S/C10H22N2S/c1-9-7-12(6-4-5-11-9)8-10(2)13-3/h9-11H,4-8H2,1-3H3. The van der Waals surface area contributed by atoms with E-state index in [2.05, 4.69) is 30.3 Å². The zero-order valence-electron chi connectivity index (χ0n) is 9.05. The first-order valence-corrected chi connectivity index (χ1v) is 6.49. The highest BCUT2D eigenvalue weighted by molar-refractivity contribution is 7.99. The van der Waals surface area contributed by atoms with Crippen LogP contribution in [0.3, 0.4) is 0 Å². The van der Waals surface area contributed by atoms with Crippen LogP contribution in [0.2, 0.25) is 0 Å². The molecule has 0 aromatic rings. The fraction of sp³-hybridized carbons (Fsp3) is 1.00. The Hall–Kier alpha value is 0.270. The molecule has 1 heterocycles. The fourth-order valence-electron chi connectivity index (χ4n) is 1.80. The molecule has 1 rings (SSSR count). The second-order valence-corrected chi connectivity index (χ2v) is 5.29. The number of hydrogen-bond acceptors (Lipinski definition) is 3.